The zero-order valence-electron chi connectivity index (χ0n) is 10.5. The van der Waals surface area contributed by atoms with Crippen LogP contribution in [0.15, 0.2) is 6.33 Å². The van der Waals surface area contributed by atoms with Crippen LogP contribution in [-0.4, -0.2) is 33.6 Å². The fourth-order valence-electron chi connectivity index (χ4n) is 2.27. The first-order valence-corrected chi connectivity index (χ1v) is 6.21. The topological polar surface area (TPSA) is 74.1 Å². The van der Waals surface area contributed by atoms with Gasteiger partial charge in [0.2, 0.25) is 0 Å². The molecule has 1 saturated carbocycles. The maximum atomic E-state index is 12.0. The SMILES string of the molecule is COC(=O)c1ncn(CC(=O)C2CCCCC2)n1. The van der Waals surface area contributed by atoms with Crippen LogP contribution in [0.2, 0.25) is 0 Å². The van der Waals surface area contributed by atoms with Gasteiger partial charge in [0.15, 0.2) is 5.78 Å². The van der Waals surface area contributed by atoms with Crippen molar-refractivity contribution in [3.05, 3.63) is 12.2 Å². The number of hydrogen-bond donors (Lipinski definition) is 0. The number of rotatable bonds is 4. The lowest BCUT2D eigenvalue weighted by Gasteiger charge is -2.19. The molecule has 0 radical (unpaired) electrons. The Labute approximate surface area is 105 Å². The number of methoxy groups -OCH3 is 1. The summed E-state index contributed by atoms with van der Waals surface area (Å²) in [6.07, 6.45) is 6.81. The first-order chi connectivity index (χ1) is 8.70. The molecule has 0 spiro atoms. The second kappa shape index (κ2) is 5.75. The predicted molar refractivity (Wildman–Crippen MR) is 62.9 cm³/mol. The maximum Gasteiger partial charge on any atom is 0.377 e. The van der Waals surface area contributed by atoms with Crippen LogP contribution in [0.3, 0.4) is 0 Å². The third-order valence-electron chi connectivity index (χ3n) is 3.28. The van der Waals surface area contributed by atoms with Gasteiger partial charge in [0.1, 0.15) is 12.9 Å². The van der Waals surface area contributed by atoms with E-state index < -0.39 is 5.97 Å². The number of ether oxygens (including phenoxy) is 1. The minimum absolute atomic E-state index is 0.00561. The first-order valence-electron chi connectivity index (χ1n) is 6.21. The summed E-state index contributed by atoms with van der Waals surface area (Å²) in [5.74, 6) is -0.270. The summed E-state index contributed by atoms with van der Waals surface area (Å²) in [5.41, 5.74) is 0. The highest BCUT2D eigenvalue weighted by Crippen LogP contribution is 2.24. The Bertz CT molecular complexity index is 436. The number of Topliss-reactive ketones (excluding diaryl/α,β-unsaturated/α-hetero) is 1. The van der Waals surface area contributed by atoms with Crippen molar-refractivity contribution in [3.63, 3.8) is 0 Å². The summed E-state index contributed by atoms with van der Waals surface area (Å²) in [6, 6.07) is 0. The molecular formula is C12H17N3O3. The molecule has 0 aliphatic heterocycles. The summed E-state index contributed by atoms with van der Waals surface area (Å²) in [7, 11) is 1.27. The Morgan fingerprint density at radius 2 is 2.11 bits per heavy atom. The van der Waals surface area contributed by atoms with E-state index >= 15 is 0 Å². The molecule has 0 bridgehead atoms. The van der Waals surface area contributed by atoms with E-state index in [-0.39, 0.29) is 24.1 Å². The number of aromatic nitrogens is 3. The molecule has 6 heteroatoms. The summed E-state index contributed by atoms with van der Waals surface area (Å²) in [6.45, 7) is 0.189. The standard InChI is InChI=1S/C12H17N3O3/c1-18-12(17)11-13-8-15(14-11)7-10(16)9-5-3-2-4-6-9/h8-9H,2-7H2,1H3. The van der Waals surface area contributed by atoms with Crippen LogP contribution in [0, 0.1) is 5.92 Å². The number of hydrogen-bond acceptors (Lipinski definition) is 5. The zero-order chi connectivity index (χ0) is 13.0. The van der Waals surface area contributed by atoms with E-state index in [1.807, 2.05) is 0 Å². The number of nitrogens with zero attached hydrogens (tertiary/aromatic N) is 3. The van der Waals surface area contributed by atoms with E-state index in [1.54, 1.807) is 0 Å². The lowest BCUT2D eigenvalue weighted by atomic mass is 9.86. The van der Waals surface area contributed by atoms with Gasteiger partial charge in [-0.05, 0) is 12.8 Å². The highest BCUT2D eigenvalue weighted by atomic mass is 16.5. The van der Waals surface area contributed by atoms with Gasteiger partial charge >= 0.3 is 5.97 Å². The van der Waals surface area contributed by atoms with Crippen molar-refractivity contribution in [3.8, 4) is 0 Å². The molecule has 2 rings (SSSR count). The van der Waals surface area contributed by atoms with Crippen molar-refractivity contribution in [2.45, 2.75) is 38.6 Å². The van der Waals surface area contributed by atoms with Crippen molar-refractivity contribution in [1.82, 2.24) is 14.8 Å². The summed E-state index contributed by atoms with van der Waals surface area (Å²) >= 11 is 0. The van der Waals surface area contributed by atoms with Crippen LogP contribution in [0.1, 0.15) is 42.7 Å². The molecule has 1 aromatic rings. The molecule has 0 amide bonds. The maximum absolute atomic E-state index is 12.0. The largest absolute Gasteiger partial charge is 0.463 e. The summed E-state index contributed by atoms with van der Waals surface area (Å²) in [5, 5.41) is 3.93. The quantitative estimate of drug-likeness (QED) is 0.752. The molecule has 1 heterocycles. The second-order valence-corrected chi connectivity index (χ2v) is 4.56. The van der Waals surface area contributed by atoms with Crippen molar-refractivity contribution in [1.29, 1.82) is 0 Å². The molecular weight excluding hydrogens is 234 g/mol. The van der Waals surface area contributed by atoms with Crippen molar-refractivity contribution in [2.24, 2.45) is 5.92 Å². The van der Waals surface area contributed by atoms with Gasteiger partial charge in [-0.15, -0.1) is 5.10 Å². The number of esters is 1. The van der Waals surface area contributed by atoms with Gasteiger partial charge in [0.05, 0.1) is 7.11 Å². The Hall–Kier alpha value is -1.72. The van der Waals surface area contributed by atoms with Gasteiger partial charge in [-0.25, -0.2) is 14.5 Å². The molecule has 0 N–H and O–H groups in total. The molecule has 6 nitrogen and oxygen atoms in total. The van der Waals surface area contributed by atoms with Gasteiger partial charge in [0, 0.05) is 5.92 Å². The van der Waals surface area contributed by atoms with Crippen molar-refractivity contribution < 1.29 is 14.3 Å². The second-order valence-electron chi connectivity index (χ2n) is 4.56. The van der Waals surface area contributed by atoms with Gasteiger partial charge in [-0.3, -0.25) is 4.79 Å². The molecule has 0 atom stereocenters. The van der Waals surface area contributed by atoms with Crippen molar-refractivity contribution in [2.75, 3.05) is 7.11 Å². The van der Waals surface area contributed by atoms with E-state index in [1.165, 1.54) is 24.5 Å². The lowest BCUT2D eigenvalue weighted by Crippen LogP contribution is -2.22. The highest BCUT2D eigenvalue weighted by Gasteiger charge is 2.22. The third-order valence-corrected chi connectivity index (χ3v) is 3.28. The van der Waals surface area contributed by atoms with E-state index in [2.05, 4.69) is 14.8 Å². The summed E-state index contributed by atoms with van der Waals surface area (Å²) < 4.78 is 5.91. The molecule has 1 aliphatic rings. The molecule has 1 aromatic heterocycles. The monoisotopic (exact) mass is 251 g/mol. The van der Waals surface area contributed by atoms with Crippen molar-refractivity contribution >= 4 is 11.8 Å². The minimum Gasteiger partial charge on any atom is -0.463 e. The van der Waals surface area contributed by atoms with Crippen LogP contribution in [0.25, 0.3) is 0 Å². The molecule has 0 saturated heterocycles. The van der Waals surface area contributed by atoms with Crippen LogP contribution in [0.5, 0.6) is 0 Å². The summed E-state index contributed by atoms with van der Waals surface area (Å²) in [4.78, 5) is 27.0. The molecule has 18 heavy (non-hydrogen) atoms. The van der Waals surface area contributed by atoms with Crippen LogP contribution >= 0.6 is 0 Å². The Balaban J connectivity index is 1.94. The number of carbonyl (C=O) groups is 2. The zero-order valence-corrected chi connectivity index (χ0v) is 10.5. The van der Waals surface area contributed by atoms with Crippen LogP contribution in [0.4, 0.5) is 0 Å². The van der Waals surface area contributed by atoms with E-state index in [0.717, 1.165) is 25.7 Å². The third kappa shape index (κ3) is 2.94. The average molecular weight is 251 g/mol. The minimum atomic E-state index is -0.584. The van der Waals surface area contributed by atoms with Gasteiger partial charge < -0.3 is 4.74 Å². The van der Waals surface area contributed by atoms with E-state index in [0.29, 0.717) is 0 Å². The van der Waals surface area contributed by atoms with E-state index in [4.69, 9.17) is 0 Å². The molecule has 1 fully saturated rings. The average Bonchev–Trinajstić information content (AvgIpc) is 2.87. The Morgan fingerprint density at radius 3 is 2.78 bits per heavy atom. The highest BCUT2D eigenvalue weighted by molar-refractivity contribution is 5.85. The smallest absolute Gasteiger partial charge is 0.377 e. The normalized spacial score (nSPS) is 16.5. The molecule has 0 aromatic carbocycles. The fraction of sp³-hybridized carbons (Fsp3) is 0.667. The fourth-order valence-corrected chi connectivity index (χ4v) is 2.27. The first kappa shape index (κ1) is 12.7. The van der Waals surface area contributed by atoms with Gasteiger partial charge in [0.25, 0.3) is 5.82 Å². The Kier molecular flexibility index (Phi) is 4.07. The van der Waals surface area contributed by atoms with E-state index in [9.17, 15) is 9.59 Å². The van der Waals surface area contributed by atoms with Gasteiger partial charge in [-0.1, -0.05) is 19.3 Å². The molecule has 1 aliphatic carbocycles. The number of carbonyl (C=O) groups excluding carboxylic acids is 2. The van der Waals surface area contributed by atoms with Gasteiger partial charge in [-0.2, -0.15) is 0 Å². The van der Waals surface area contributed by atoms with Crippen LogP contribution in [-0.2, 0) is 16.1 Å². The molecule has 0 unspecified atom stereocenters. The molecule has 98 valence electrons. The van der Waals surface area contributed by atoms with Crippen LogP contribution < -0.4 is 0 Å². The lowest BCUT2D eigenvalue weighted by molar-refractivity contribution is -0.124. The predicted octanol–water partition coefficient (Wildman–Crippen LogP) is 1.21. The Morgan fingerprint density at radius 1 is 1.39 bits per heavy atom. The number of ketones is 1.